The molecule has 2 N–H and O–H groups in total. The van der Waals surface area contributed by atoms with Crippen LogP contribution >= 0.6 is 35.4 Å². The highest BCUT2D eigenvalue weighted by molar-refractivity contribution is 7.80. The summed E-state index contributed by atoms with van der Waals surface area (Å²) in [7, 11) is 1.72. The first-order chi connectivity index (χ1) is 14.3. The van der Waals surface area contributed by atoms with Crippen LogP contribution in [0.4, 0.5) is 11.4 Å². The van der Waals surface area contributed by atoms with E-state index in [9.17, 15) is 9.59 Å². The number of thiocarbonyl (C=S) groups is 1. The number of amides is 2. The predicted molar refractivity (Wildman–Crippen MR) is 126 cm³/mol. The summed E-state index contributed by atoms with van der Waals surface area (Å²) in [5.74, 6) is -0.574. The van der Waals surface area contributed by atoms with E-state index in [2.05, 4.69) is 10.6 Å². The molecule has 0 aromatic heterocycles. The Kier molecular flexibility index (Phi) is 7.05. The van der Waals surface area contributed by atoms with Gasteiger partial charge in [0.1, 0.15) is 0 Å². The van der Waals surface area contributed by atoms with Gasteiger partial charge in [0.05, 0.1) is 0 Å². The molecule has 0 saturated carbocycles. The fourth-order valence-corrected chi connectivity index (χ4v) is 3.42. The van der Waals surface area contributed by atoms with Gasteiger partial charge < -0.3 is 10.2 Å². The predicted octanol–water partition coefficient (Wildman–Crippen LogP) is 5.40. The summed E-state index contributed by atoms with van der Waals surface area (Å²) >= 11 is 17.0. The maximum absolute atomic E-state index is 12.6. The van der Waals surface area contributed by atoms with Crippen LogP contribution in [0.2, 0.25) is 10.0 Å². The SMILES string of the molecule is CN(C(=O)c1ccc(NC(=S)NC(=O)c2cc(Cl)cc(Cl)c2)cc1)c1ccccc1. The molecule has 0 unspecified atom stereocenters. The fourth-order valence-electron chi connectivity index (χ4n) is 2.68. The first-order valence-corrected chi connectivity index (χ1v) is 10.0. The van der Waals surface area contributed by atoms with E-state index in [1.165, 1.54) is 18.2 Å². The molecule has 0 bridgehead atoms. The number of para-hydroxylation sites is 1. The zero-order chi connectivity index (χ0) is 21.7. The molecule has 8 heteroatoms. The minimum absolute atomic E-state index is 0.108. The summed E-state index contributed by atoms with van der Waals surface area (Å²) in [6.45, 7) is 0. The van der Waals surface area contributed by atoms with Crippen molar-refractivity contribution in [1.82, 2.24) is 5.32 Å². The normalized spacial score (nSPS) is 10.2. The molecule has 5 nitrogen and oxygen atoms in total. The lowest BCUT2D eigenvalue weighted by molar-refractivity contribution is 0.0974. The van der Waals surface area contributed by atoms with E-state index in [1.807, 2.05) is 30.3 Å². The Balaban J connectivity index is 1.61. The Bertz CT molecular complexity index is 1070. The largest absolute Gasteiger partial charge is 0.332 e. The Labute approximate surface area is 189 Å². The quantitative estimate of drug-likeness (QED) is 0.515. The molecule has 0 spiro atoms. The fraction of sp³-hybridized carbons (Fsp3) is 0.0455. The molecule has 3 rings (SSSR count). The van der Waals surface area contributed by atoms with Gasteiger partial charge in [0.25, 0.3) is 11.8 Å². The van der Waals surface area contributed by atoms with Gasteiger partial charge >= 0.3 is 0 Å². The zero-order valence-electron chi connectivity index (χ0n) is 15.9. The van der Waals surface area contributed by atoms with Crippen molar-refractivity contribution in [3.05, 3.63) is 94.0 Å². The number of benzene rings is 3. The second-order valence-corrected chi connectivity index (χ2v) is 7.62. The Morgan fingerprint density at radius 1 is 0.867 bits per heavy atom. The molecule has 0 heterocycles. The van der Waals surface area contributed by atoms with Gasteiger partial charge in [-0.15, -0.1) is 0 Å². The van der Waals surface area contributed by atoms with E-state index in [4.69, 9.17) is 35.4 Å². The lowest BCUT2D eigenvalue weighted by atomic mass is 10.1. The average Bonchev–Trinajstić information content (AvgIpc) is 2.73. The van der Waals surface area contributed by atoms with Crippen LogP contribution in [0.1, 0.15) is 20.7 Å². The van der Waals surface area contributed by atoms with Crippen molar-refractivity contribution in [2.24, 2.45) is 0 Å². The lowest BCUT2D eigenvalue weighted by Gasteiger charge is -2.17. The second kappa shape index (κ2) is 9.71. The van der Waals surface area contributed by atoms with Crippen molar-refractivity contribution in [3.63, 3.8) is 0 Å². The van der Waals surface area contributed by atoms with Crippen molar-refractivity contribution >= 4 is 63.7 Å². The molecular formula is C22H17Cl2N3O2S. The van der Waals surface area contributed by atoms with E-state index in [0.717, 1.165) is 5.69 Å². The third-order valence-corrected chi connectivity index (χ3v) is 4.83. The van der Waals surface area contributed by atoms with Crippen molar-refractivity contribution in [2.45, 2.75) is 0 Å². The first-order valence-electron chi connectivity index (χ1n) is 8.85. The molecule has 0 fully saturated rings. The van der Waals surface area contributed by atoms with Crippen molar-refractivity contribution in [1.29, 1.82) is 0 Å². The second-order valence-electron chi connectivity index (χ2n) is 6.34. The van der Waals surface area contributed by atoms with E-state index in [0.29, 0.717) is 26.9 Å². The highest BCUT2D eigenvalue weighted by atomic mass is 35.5. The third-order valence-electron chi connectivity index (χ3n) is 4.19. The zero-order valence-corrected chi connectivity index (χ0v) is 18.2. The number of hydrogen-bond donors (Lipinski definition) is 2. The van der Waals surface area contributed by atoms with Gasteiger partial charge in [0, 0.05) is 39.6 Å². The number of carbonyl (C=O) groups is 2. The average molecular weight is 458 g/mol. The summed E-state index contributed by atoms with van der Waals surface area (Å²) < 4.78 is 0. The number of anilines is 2. The minimum atomic E-state index is -0.437. The van der Waals surface area contributed by atoms with Gasteiger partial charge in [-0.05, 0) is 66.8 Å². The monoisotopic (exact) mass is 457 g/mol. The lowest BCUT2D eigenvalue weighted by Crippen LogP contribution is -2.34. The van der Waals surface area contributed by atoms with Gasteiger partial charge in [-0.2, -0.15) is 0 Å². The number of carbonyl (C=O) groups excluding carboxylic acids is 2. The molecule has 0 aliphatic carbocycles. The number of rotatable bonds is 4. The first kappa shape index (κ1) is 21.8. The third kappa shape index (κ3) is 5.57. The van der Waals surface area contributed by atoms with E-state index in [1.54, 1.807) is 36.2 Å². The van der Waals surface area contributed by atoms with Gasteiger partial charge in [-0.25, -0.2) is 0 Å². The smallest absolute Gasteiger partial charge is 0.258 e. The molecule has 0 atom stereocenters. The van der Waals surface area contributed by atoms with Gasteiger partial charge in [-0.3, -0.25) is 14.9 Å². The van der Waals surface area contributed by atoms with Crippen LogP contribution < -0.4 is 15.5 Å². The van der Waals surface area contributed by atoms with Crippen molar-refractivity contribution in [2.75, 3.05) is 17.3 Å². The minimum Gasteiger partial charge on any atom is -0.332 e. The summed E-state index contributed by atoms with van der Waals surface area (Å²) in [6, 6.07) is 20.7. The maximum atomic E-state index is 12.6. The molecule has 2 amide bonds. The molecule has 0 aliphatic heterocycles. The highest BCUT2D eigenvalue weighted by Crippen LogP contribution is 2.19. The van der Waals surface area contributed by atoms with Crippen LogP contribution in [-0.2, 0) is 0 Å². The van der Waals surface area contributed by atoms with Crippen LogP contribution in [0, 0.1) is 0 Å². The Morgan fingerprint density at radius 2 is 1.47 bits per heavy atom. The summed E-state index contributed by atoms with van der Waals surface area (Å²) in [5.41, 5.74) is 2.25. The molecule has 0 saturated heterocycles. The number of hydrogen-bond acceptors (Lipinski definition) is 3. The molecular weight excluding hydrogens is 441 g/mol. The summed E-state index contributed by atoms with van der Waals surface area (Å²) in [5, 5.41) is 6.29. The summed E-state index contributed by atoms with van der Waals surface area (Å²) in [4.78, 5) is 26.5. The van der Waals surface area contributed by atoms with Gasteiger partial charge in [-0.1, -0.05) is 41.4 Å². The molecule has 30 heavy (non-hydrogen) atoms. The standard InChI is InChI=1S/C22H17Cl2N3O2S/c1-27(19-5-3-2-4-6-19)21(29)14-7-9-18(10-8-14)25-22(30)26-20(28)15-11-16(23)13-17(24)12-15/h2-13H,1H3,(H2,25,26,28,30). The summed E-state index contributed by atoms with van der Waals surface area (Å²) in [6.07, 6.45) is 0. The van der Waals surface area contributed by atoms with E-state index >= 15 is 0 Å². The molecule has 0 radical (unpaired) electrons. The molecule has 3 aromatic carbocycles. The molecule has 0 aliphatic rings. The number of nitrogens with one attached hydrogen (secondary N) is 2. The van der Waals surface area contributed by atoms with E-state index < -0.39 is 5.91 Å². The van der Waals surface area contributed by atoms with Crippen molar-refractivity contribution < 1.29 is 9.59 Å². The van der Waals surface area contributed by atoms with Crippen LogP contribution in [-0.4, -0.2) is 24.0 Å². The van der Waals surface area contributed by atoms with Crippen LogP contribution in [0.3, 0.4) is 0 Å². The van der Waals surface area contributed by atoms with Crippen LogP contribution in [0.5, 0.6) is 0 Å². The van der Waals surface area contributed by atoms with Crippen LogP contribution in [0.25, 0.3) is 0 Å². The Hall–Kier alpha value is -2.93. The topological polar surface area (TPSA) is 61.4 Å². The van der Waals surface area contributed by atoms with Crippen molar-refractivity contribution in [3.8, 4) is 0 Å². The number of nitrogens with zero attached hydrogens (tertiary/aromatic N) is 1. The highest BCUT2D eigenvalue weighted by Gasteiger charge is 2.14. The van der Waals surface area contributed by atoms with Gasteiger partial charge in [0.2, 0.25) is 0 Å². The van der Waals surface area contributed by atoms with E-state index in [-0.39, 0.29) is 11.0 Å². The maximum Gasteiger partial charge on any atom is 0.258 e. The van der Waals surface area contributed by atoms with Gasteiger partial charge in [0.15, 0.2) is 5.11 Å². The molecule has 152 valence electrons. The number of halogens is 2. The Morgan fingerprint density at radius 3 is 2.07 bits per heavy atom. The van der Waals surface area contributed by atoms with Crippen LogP contribution in [0.15, 0.2) is 72.8 Å². The molecule has 3 aromatic rings.